The van der Waals surface area contributed by atoms with Crippen molar-refractivity contribution in [2.75, 3.05) is 18.8 Å². The van der Waals surface area contributed by atoms with Gasteiger partial charge in [0.05, 0.1) is 0 Å². The van der Waals surface area contributed by atoms with Crippen molar-refractivity contribution in [2.45, 2.75) is 19.8 Å². The molecule has 2 N–H and O–H groups in total. The maximum Gasteiger partial charge on any atom is 0.254 e. The van der Waals surface area contributed by atoms with Crippen molar-refractivity contribution in [3.63, 3.8) is 0 Å². The molecule has 23 heavy (non-hydrogen) atoms. The first-order chi connectivity index (χ1) is 10.6. The van der Waals surface area contributed by atoms with Gasteiger partial charge in [-0.05, 0) is 48.9 Å². The van der Waals surface area contributed by atoms with E-state index in [1.807, 2.05) is 30.0 Å². The number of hydrogen-bond acceptors (Lipinski definition) is 2. The van der Waals surface area contributed by atoms with E-state index in [-0.39, 0.29) is 18.3 Å². The van der Waals surface area contributed by atoms with Gasteiger partial charge in [0, 0.05) is 24.3 Å². The van der Waals surface area contributed by atoms with E-state index in [1.165, 1.54) is 5.56 Å². The summed E-state index contributed by atoms with van der Waals surface area (Å²) in [5, 5.41) is 0. The summed E-state index contributed by atoms with van der Waals surface area (Å²) in [6, 6.07) is 16.1. The lowest BCUT2D eigenvalue weighted by molar-refractivity contribution is 0.0786. The molecular weight excluding hydrogens is 308 g/mol. The molecule has 4 heteroatoms. The Kier molecular flexibility index (Phi) is 5.67. The Balaban J connectivity index is 0.00000192. The van der Waals surface area contributed by atoms with Crippen LogP contribution in [0.3, 0.4) is 0 Å². The van der Waals surface area contributed by atoms with Crippen molar-refractivity contribution in [1.82, 2.24) is 4.90 Å². The van der Waals surface area contributed by atoms with E-state index in [1.54, 1.807) is 6.07 Å². The van der Waals surface area contributed by atoms with E-state index >= 15 is 0 Å². The summed E-state index contributed by atoms with van der Waals surface area (Å²) in [7, 11) is 0. The van der Waals surface area contributed by atoms with Gasteiger partial charge in [-0.25, -0.2) is 0 Å². The van der Waals surface area contributed by atoms with Crippen molar-refractivity contribution < 1.29 is 4.79 Å². The average Bonchev–Trinajstić information content (AvgIpc) is 2.98. The van der Waals surface area contributed by atoms with Crippen LogP contribution in [0.25, 0.3) is 0 Å². The van der Waals surface area contributed by atoms with E-state index in [0.717, 1.165) is 37.1 Å². The van der Waals surface area contributed by atoms with Crippen LogP contribution in [0.4, 0.5) is 5.69 Å². The average molecular weight is 331 g/mol. The second-order valence-electron chi connectivity index (χ2n) is 6.17. The molecule has 1 fully saturated rings. The van der Waals surface area contributed by atoms with E-state index in [9.17, 15) is 4.79 Å². The highest BCUT2D eigenvalue weighted by Crippen LogP contribution is 2.24. The van der Waals surface area contributed by atoms with Crippen molar-refractivity contribution >= 4 is 24.0 Å². The number of nitrogens with two attached hydrogens (primary N) is 1. The number of carbonyl (C=O) groups is 1. The fraction of sp³-hybridized carbons (Fsp3) is 0.316. The molecule has 1 aliphatic heterocycles. The van der Waals surface area contributed by atoms with Gasteiger partial charge in [-0.3, -0.25) is 4.79 Å². The molecule has 3 nitrogen and oxygen atoms in total. The number of benzene rings is 2. The van der Waals surface area contributed by atoms with Gasteiger partial charge in [0.2, 0.25) is 0 Å². The summed E-state index contributed by atoms with van der Waals surface area (Å²) >= 11 is 0. The fourth-order valence-corrected chi connectivity index (χ4v) is 3.17. The molecule has 2 aromatic rings. The number of amides is 1. The number of anilines is 1. The number of carbonyl (C=O) groups excluding carboxylic acids is 1. The summed E-state index contributed by atoms with van der Waals surface area (Å²) in [5.41, 5.74) is 9.55. The van der Waals surface area contributed by atoms with E-state index in [0.29, 0.717) is 11.6 Å². The molecule has 0 spiro atoms. The van der Waals surface area contributed by atoms with E-state index in [2.05, 4.69) is 24.3 Å². The maximum atomic E-state index is 12.7. The fourth-order valence-electron chi connectivity index (χ4n) is 3.17. The molecule has 1 saturated heterocycles. The zero-order valence-corrected chi connectivity index (χ0v) is 14.2. The summed E-state index contributed by atoms with van der Waals surface area (Å²) in [6.07, 6.45) is 2.11. The second kappa shape index (κ2) is 7.51. The summed E-state index contributed by atoms with van der Waals surface area (Å²) in [4.78, 5) is 14.7. The first-order valence-electron chi connectivity index (χ1n) is 7.83. The Labute approximate surface area is 143 Å². The summed E-state index contributed by atoms with van der Waals surface area (Å²) < 4.78 is 0. The molecule has 1 amide bonds. The number of rotatable bonds is 3. The molecule has 3 rings (SSSR count). The van der Waals surface area contributed by atoms with Crippen LogP contribution >= 0.6 is 12.4 Å². The molecule has 0 bridgehead atoms. The van der Waals surface area contributed by atoms with Gasteiger partial charge in [0.15, 0.2) is 0 Å². The van der Waals surface area contributed by atoms with Crippen LogP contribution in [0.15, 0.2) is 48.5 Å². The number of halogens is 1. The molecule has 0 aromatic heterocycles. The number of hydrogen-bond donors (Lipinski definition) is 1. The lowest BCUT2D eigenvalue weighted by Crippen LogP contribution is -2.29. The highest BCUT2D eigenvalue weighted by atomic mass is 35.5. The third kappa shape index (κ3) is 4.05. The van der Waals surface area contributed by atoms with E-state index < -0.39 is 0 Å². The van der Waals surface area contributed by atoms with Gasteiger partial charge in [-0.1, -0.05) is 36.4 Å². The Morgan fingerprint density at radius 2 is 1.96 bits per heavy atom. The predicted molar refractivity (Wildman–Crippen MR) is 97.0 cm³/mol. The van der Waals surface area contributed by atoms with Gasteiger partial charge in [0.1, 0.15) is 0 Å². The zero-order valence-electron chi connectivity index (χ0n) is 13.4. The number of aryl methyl sites for hydroxylation is 1. The molecule has 1 unspecified atom stereocenters. The molecule has 1 aliphatic rings. The number of likely N-dealkylation sites (tertiary alicyclic amines) is 1. The van der Waals surface area contributed by atoms with Gasteiger partial charge in [-0.2, -0.15) is 0 Å². The largest absolute Gasteiger partial charge is 0.399 e. The second-order valence-corrected chi connectivity index (χ2v) is 6.17. The minimum atomic E-state index is 0. The normalized spacial score (nSPS) is 16.9. The number of nitrogen functional groups attached to an aromatic ring is 1. The lowest BCUT2D eigenvalue weighted by atomic mass is 9.99. The Morgan fingerprint density at radius 1 is 1.22 bits per heavy atom. The standard InChI is InChI=1S/C19H22N2O.ClH/c1-14-7-8-17(20)12-18(14)19(22)21-10-9-16(13-21)11-15-5-3-2-4-6-15;/h2-8,12,16H,9-11,13,20H2,1H3;1H. The van der Waals surface area contributed by atoms with Gasteiger partial charge < -0.3 is 10.6 Å². The first kappa shape index (κ1) is 17.4. The van der Waals surface area contributed by atoms with Crippen molar-refractivity contribution in [3.05, 3.63) is 65.2 Å². The van der Waals surface area contributed by atoms with Crippen LogP contribution in [0.1, 0.15) is 27.9 Å². The monoisotopic (exact) mass is 330 g/mol. The molecule has 0 radical (unpaired) electrons. The smallest absolute Gasteiger partial charge is 0.254 e. The van der Waals surface area contributed by atoms with Crippen LogP contribution in [0, 0.1) is 12.8 Å². The minimum absolute atomic E-state index is 0. The number of nitrogens with zero attached hydrogens (tertiary/aromatic N) is 1. The Bertz CT molecular complexity index is 672. The Hall–Kier alpha value is -2.00. The van der Waals surface area contributed by atoms with Gasteiger partial charge in [-0.15, -0.1) is 12.4 Å². The van der Waals surface area contributed by atoms with Crippen molar-refractivity contribution in [3.8, 4) is 0 Å². The van der Waals surface area contributed by atoms with Crippen LogP contribution < -0.4 is 5.73 Å². The third-order valence-corrected chi connectivity index (χ3v) is 4.43. The van der Waals surface area contributed by atoms with Crippen LogP contribution in [0.2, 0.25) is 0 Å². The minimum Gasteiger partial charge on any atom is -0.399 e. The topological polar surface area (TPSA) is 46.3 Å². The highest BCUT2D eigenvalue weighted by molar-refractivity contribution is 5.96. The van der Waals surface area contributed by atoms with E-state index in [4.69, 9.17) is 5.73 Å². The molecule has 2 aromatic carbocycles. The molecule has 0 aliphatic carbocycles. The zero-order chi connectivity index (χ0) is 15.5. The molecule has 1 atom stereocenters. The predicted octanol–water partition coefficient (Wildman–Crippen LogP) is 3.70. The SMILES string of the molecule is Cc1ccc(N)cc1C(=O)N1CCC(Cc2ccccc2)C1.Cl. The Morgan fingerprint density at radius 3 is 2.70 bits per heavy atom. The quantitative estimate of drug-likeness (QED) is 0.872. The van der Waals surface area contributed by atoms with Crippen LogP contribution in [-0.4, -0.2) is 23.9 Å². The highest BCUT2D eigenvalue weighted by Gasteiger charge is 2.27. The van der Waals surface area contributed by atoms with Gasteiger partial charge >= 0.3 is 0 Å². The summed E-state index contributed by atoms with van der Waals surface area (Å²) in [6.45, 7) is 3.64. The summed E-state index contributed by atoms with van der Waals surface area (Å²) in [5.74, 6) is 0.660. The molecule has 122 valence electrons. The van der Waals surface area contributed by atoms with Crippen LogP contribution in [-0.2, 0) is 6.42 Å². The van der Waals surface area contributed by atoms with Crippen LogP contribution in [0.5, 0.6) is 0 Å². The van der Waals surface area contributed by atoms with Crippen molar-refractivity contribution in [1.29, 1.82) is 0 Å². The maximum absolute atomic E-state index is 12.7. The lowest BCUT2D eigenvalue weighted by Gasteiger charge is -2.18. The first-order valence-corrected chi connectivity index (χ1v) is 7.83. The molecule has 1 heterocycles. The molecule has 0 saturated carbocycles. The molecular formula is C19H23ClN2O. The third-order valence-electron chi connectivity index (χ3n) is 4.43. The van der Waals surface area contributed by atoms with Gasteiger partial charge in [0.25, 0.3) is 5.91 Å². The van der Waals surface area contributed by atoms with Crippen molar-refractivity contribution in [2.24, 2.45) is 5.92 Å².